The summed E-state index contributed by atoms with van der Waals surface area (Å²) < 4.78 is 8.69. The van der Waals surface area contributed by atoms with Crippen LogP contribution in [0.2, 0.25) is 0 Å². The summed E-state index contributed by atoms with van der Waals surface area (Å²) in [5, 5.41) is 90.6. The molecule has 0 fully saturated rings. The van der Waals surface area contributed by atoms with Crippen molar-refractivity contribution in [2.45, 2.75) is 262 Å². The van der Waals surface area contributed by atoms with Gasteiger partial charge in [-0.25, -0.2) is 14.6 Å². The molecule has 5 aromatic rings. The number of aromatic nitrogens is 9. The van der Waals surface area contributed by atoms with Gasteiger partial charge in [-0.3, -0.25) is 86.1 Å². The highest BCUT2D eigenvalue weighted by Crippen LogP contribution is 2.27. The van der Waals surface area contributed by atoms with E-state index >= 15 is 19.2 Å². The van der Waals surface area contributed by atoms with Gasteiger partial charge in [0.05, 0.1) is 74.2 Å². The Labute approximate surface area is 787 Å². The number of ether oxygens (including phenoxy) is 1. The number of nitrogens with one attached hydrogen (secondary N) is 15. The van der Waals surface area contributed by atoms with Crippen molar-refractivity contribution in [1.29, 1.82) is 0 Å². The molecule has 2 aliphatic rings. The fraction of sp³-hybridized carbons (Fsp3) is 0.583. The number of carboxylic acids is 3. The smallest absolute Gasteiger partial charge is 0.373 e. The second-order valence-electron chi connectivity index (χ2n) is 32.5. The van der Waals surface area contributed by atoms with Crippen LogP contribution < -0.4 is 74.9 Å². The molecule has 0 spiro atoms. The number of aromatic amines is 2. The number of primary amides is 1. The predicted molar refractivity (Wildman–Crippen MR) is 476 cm³/mol. The molecule has 14 amide bonds. The number of carboxylic acid groups (broad SMARTS) is 3. The van der Waals surface area contributed by atoms with Crippen LogP contribution in [0.4, 0.5) is 4.79 Å². The zero-order valence-electron chi connectivity index (χ0n) is 75.9. The third kappa shape index (κ3) is 40.6. The number of carbonyl (C=O) groups is 18. The van der Waals surface area contributed by atoms with Crippen LogP contribution in [-0.2, 0) is 144 Å². The summed E-state index contributed by atoms with van der Waals surface area (Å²) in [6.07, 6.45) is 3.74. The Bertz CT molecular complexity index is 4930. The van der Waals surface area contributed by atoms with Crippen molar-refractivity contribution in [3.63, 3.8) is 0 Å². The number of aryl methyl sites for hydroxylation is 3. The molecule has 0 aliphatic carbocycles. The average molecular weight is 1950 g/mol. The Morgan fingerprint density at radius 3 is 2.02 bits per heavy atom. The molecule has 0 saturated carbocycles. The quantitative estimate of drug-likeness (QED) is 0.0144. The first-order valence-corrected chi connectivity index (χ1v) is 46.4. The van der Waals surface area contributed by atoms with Crippen LogP contribution in [-0.4, -0.2) is 288 Å². The number of aliphatic hydroxyl groups is 1. The fourth-order valence-corrected chi connectivity index (χ4v) is 16.4. The Morgan fingerprint density at radius 2 is 1.35 bits per heavy atom. The first-order valence-electron chi connectivity index (χ1n) is 43.9. The first-order chi connectivity index (χ1) is 64.8. The molecule has 21 N–H and O–H groups in total. The maximum absolute atomic E-state index is 15.4. The largest absolute Gasteiger partial charge is 0.481 e. The van der Waals surface area contributed by atoms with Gasteiger partial charge in [0, 0.05) is 105 Å². The number of benzene rings is 1. The maximum atomic E-state index is 15.4. The van der Waals surface area contributed by atoms with Crippen LogP contribution in [0, 0.1) is 17.8 Å². The van der Waals surface area contributed by atoms with E-state index < -0.39 is 247 Å². The number of urea groups is 1. The molecule has 1 aromatic carbocycles. The monoisotopic (exact) mass is 1950 g/mol. The summed E-state index contributed by atoms with van der Waals surface area (Å²) in [6.45, 7) is 8.81. The molecule has 0 saturated heterocycles. The number of hydrogen-bond acceptors (Lipinski definition) is 31. The van der Waals surface area contributed by atoms with Gasteiger partial charge in [0.15, 0.2) is 11.6 Å². The Balaban J connectivity index is 0.00000530. The molecule has 6 heterocycles. The molecule has 2 aliphatic heterocycles. The number of nitrogens with zero attached hydrogens (tertiary/aromatic N) is 7. The Morgan fingerprint density at radius 1 is 0.669 bits per heavy atom. The summed E-state index contributed by atoms with van der Waals surface area (Å²) in [6, 6.07) is -11.2. The van der Waals surface area contributed by atoms with Crippen molar-refractivity contribution in [3.8, 4) is 0 Å². The SMILES string of the molecule is CCC[C@@H]1NC(=O)[C@H](CCC(=O)O)NC(=O)CNC(=O)[C@H](CC(C)C)NC(=O)[C@H](Cc2c[nH]cn2)CC(=O)[C@@H]2CCc3cn(nn3)CCCC[C@H](NC1=O)C(=O)N[C@@H](Cc1c[nH]c3ccccc13)C(=O)N[C@H](C(=O)N[C@H](C(N)=O)[C@@H](C)O)CSSC[C@H](NC(=O)[C@H](CC(=O)O)NC(=O)CCOCc1cn(CCCCCNC(=O)N[C@@H](CC)C(=O)O)nn1)C(=O)C[C@@H](C)C(=O)N2.O=C=O.O=C=O. The van der Waals surface area contributed by atoms with Crippen LogP contribution in [0.1, 0.15) is 173 Å². The van der Waals surface area contributed by atoms with Crippen molar-refractivity contribution in [2.75, 3.05) is 31.2 Å². The molecule has 4 aromatic heterocycles. The number of hydrogen-bond donors (Lipinski definition) is 20. The van der Waals surface area contributed by atoms with Gasteiger partial charge in [-0.05, 0) is 102 Å². The minimum Gasteiger partial charge on any atom is -0.481 e. The number of H-pyrrole nitrogens is 2. The van der Waals surface area contributed by atoms with Crippen LogP contribution in [0.5, 0.6) is 0 Å². The first kappa shape index (κ1) is 113. The molecule has 0 radical (unpaired) electrons. The third-order valence-electron chi connectivity index (χ3n) is 21.2. The number of Topliss-reactive ketones (excluding diaryl/α,β-unsaturated/α-hetero) is 2. The number of ketones is 2. The average Bonchev–Trinajstić information content (AvgIpc) is 1.67. The third-order valence-corrected chi connectivity index (χ3v) is 23.6. The molecular formula is C84H119N23O27S2. The summed E-state index contributed by atoms with van der Waals surface area (Å²) in [5.41, 5.74) is 7.66. The lowest BCUT2D eigenvalue weighted by Gasteiger charge is -2.28. The number of aliphatic hydroxyl groups excluding tert-OH is 1. The number of amides is 14. The van der Waals surface area contributed by atoms with Gasteiger partial charge in [0.25, 0.3) is 0 Å². The molecule has 744 valence electrons. The van der Waals surface area contributed by atoms with E-state index in [0.717, 1.165) is 28.5 Å². The topological polar surface area (TPSA) is 754 Å². The van der Waals surface area contributed by atoms with Crippen molar-refractivity contribution < 1.29 is 131 Å². The van der Waals surface area contributed by atoms with Crippen molar-refractivity contribution in [2.24, 2.45) is 23.5 Å². The number of rotatable bonds is 34. The zero-order chi connectivity index (χ0) is 101. The van der Waals surface area contributed by atoms with E-state index in [-0.39, 0.29) is 109 Å². The van der Waals surface area contributed by atoms with Gasteiger partial charge in [0.1, 0.15) is 60.1 Å². The minimum absolute atomic E-state index is 0.0403. The van der Waals surface area contributed by atoms with Crippen LogP contribution in [0.25, 0.3) is 10.9 Å². The molecule has 4 bridgehead atoms. The zero-order valence-corrected chi connectivity index (χ0v) is 77.5. The highest BCUT2D eigenvalue weighted by molar-refractivity contribution is 8.76. The van der Waals surface area contributed by atoms with Crippen molar-refractivity contribution in [3.05, 3.63) is 78.0 Å². The van der Waals surface area contributed by atoms with Gasteiger partial charge in [0.2, 0.25) is 70.9 Å². The summed E-state index contributed by atoms with van der Waals surface area (Å²) in [4.78, 5) is 295. The standard InChI is InChI=1S/C82H119N23O23S2.2CO2/c1-7-16-56-75(119)93-57-19-12-15-27-104-38-49(100-102-104)20-21-55(65(108)33-47(31-50-36-84-43-88-50)73(117)94-59(29-44(3)4)74(118)87-37-67(110)89-58(77(121)92-56)22-23-68(111)112)91-72(116)45(5)30-64(107)62(41-129-130-42-63(80(124)99-70(46(6)106)71(83)115)97-78(122)60(95-76(57)120)32-48-35-86-54-18-11-10-17-52(48)54)96-79(123)61(34-69(113)114)90-66(109)24-28-128-40-51-39-105(103-101-51)26-14-9-13-25-85-82(127)98-53(8-2)81(125)126;2*2-1-3/h10-11,17-18,35-36,38-39,43-47,53,55-63,70,86,106H,7-9,12-16,19-34,37,40-42H2,1-6H3,(H2,83,115)(H,84,88)(H,87,118)(H,89,110)(H,90,109)(H,91,116)(H,92,121)(H,93,119)(H,94,117)(H,95,120)(H,96,123)(H,97,122)(H,99,124)(H,111,112)(H,113,114)(H,125,126)(H2,85,98,127);;/t45-,46-,47-,53+,55+,56+,57+,58+,59+,60+,61+,62+,63+,70+;;/m1../s1. The molecular weight excluding hydrogens is 1830 g/mol. The van der Waals surface area contributed by atoms with E-state index in [1.54, 1.807) is 75.2 Å². The Hall–Kier alpha value is -13.7. The van der Waals surface area contributed by atoms with Crippen LogP contribution >= 0.6 is 21.6 Å². The lowest BCUT2D eigenvalue weighted by molar-refractivity contribution is -0.193. The molecule has 136 heavy (non-hydrogen) atoms. The highest BCUT2D eigenvalue weighted by Gasteiger charge is 2.39. The van der Waals surface area contributed by atoms with Gasteiger partial charge < -0.3 is 110 Å². The highest BCUT2D eigenvalue weighted by atomic mass is 33.1. The summed E-state index contributed by atoms with van der Waals surface area (Å²) in [5.74, 6) is -21.9. The van der Waals surface area contributed by atoms with Gasteiger partial charge in [-0.15, -0.1) is 10.2 Å². The molecule has 0 unspecified atom stereocenters. The van der Waals surface area contributed by atoms with Crippen molar-refractivity contribution >= 4 is 151 Å². The van der Waals surface area contributed by atoms with Crippen LogP contribution in [0.15, 0.2) is 55.4 Å². The lowest BCUT2D eigenvalue weighted by atomic mass is 9.90. The fourth-order valence-electron chi connectivity index (χ4n) is 14.1. The van der Waals surface area contributed by atoms with Crippen molar-refractivity contribution in [1.82, 2.24) is 114 Å². The summed E-state index contributed by atoms with van der Waals surface area (Å²) in [7, 11) is 1.56. The maximum Gasteiger partial charge on any atom is 0.373 e. The van der Waals surface area contributed by atoms with Crippen LogP contribution in [0.3, 0.4) is 0 Å². The number of aliphatic carboxylic acids is 3. The van der Waals surface area contributed by atoms with Gasteiger partial charge in [-0.2, -0.15) is 19.2 Å². The van der Waals surface area contributed by atoms with E-state index in [4.69, 9.17) is 29.6 Å². The normalized spacial score (nSPS) is 21.1. The molecule has 14 atom stereocenters. The second kappa shape index (κ2) is 59.8. The molecule has 52 heteroatoms. The minimum atomic E-state index is -1.89. The van der Waals surface area contributed by atoms with Gasteiger partial charge >= 0.3 is 36.2 Å². The van der Waals surface area contributed by atoms with E-state index in [1.165, 1.54) is 24.1 Å². The number of para-hydroxylation sites is 1. The number of nitrogens with two attached hydrogens (primary N) is 1. The summed E-state index contributed by atoms with van der Waals surface area (Å²) >= 11 is 0. The second-order valence-corrected chi connectivity index (χ2v) is 35.1. The molecule has 7 rings (SSSR count). The van der Waals surface area contributed by atoms with E-state index in [2.05, 4.69) is 105 Å². The lowest BCUT2D eigenvalue weighted by Crippen LogP contribution is -2.61. The number of imidazole rings is 1. The number of carbonyl (C=O) groups excluding carboxylic acids is 19. The number of unbranched alkanes of at least 4 members (excludes halogenated alkanes) is 2. The van der Waals surface area contributed by atoms with E-state index in [9.17, 15) is 87.5 Å². The number of fused-ring (bicyclic) bond motifs is 7. The predicted octanol–water partition coefficient (Wildman–Crippen LogP) is -2.97. The van der Waals surface area contributed by atoms with E-state index in [1.807, 2.05) is 0 Å². The van der Waals surface area contributed by atoms with Gasteiger partial charge in [-0.1, -0.05) is 91.3 Å². The molecule has 50 nitrogen and oxygen atoms in total. The Kier molecular flexibility index (Phi) is 49.6. The van der Waals surface area contributed by atoms with E-state index in [0.29, 0.717) is 65.9 Å².